The molecule has 1 aromatic rings. The van der Waals surface area contributed by atoms with Gasteiger partial charge < -0.3 is 15.2 Å². The third-order valence-electron chi connectivity index (χ3n) is 2.59. The van der Waals surface area contributed by atoms with Crippen molar-refractivity contribution in [3.05, 3.63) is 23.8 Å². The van der Waals surface area contributed by atoms with Crippen molar-refractivity contribution in [2.75, 3.05) is 25.1 Å². The summed E-state index contributed by atoms with van der Waals surface area (Å²) in [6.45, 7) is 5.96. The second kappa shape index (κ2) is 7.96. The van der Waals surface area contributed by atoms with Gasteiger partial charge in [0, 0.05) is 13.2 Å². The zero-order valence-electron chi connectivity index (χ0n) is 10.8. The Morgan fingerprint density at radius 3 is 2.76 bits per heavy atom. The zero-order chi connectivity index (χ0) is 12.5. The fourth-order valence-electron chi connectivity index (χ4n) is 1.70. The maximum atomic E-state index is 8.69. The first-order valence-corrected chi connectivity index (χ1v) is 6.36. The van der Waals surface area contributed by atoms with Gasteiger partial charge in [-0.2, -0.15) is 0 Å². The van der Waals surface area contributed by atoms with E-state index in [1.54, 1.807) is 0 Å². The van der Waals surface area contributed by atoms with E-state index in [2.05, 4.69) is 24.4 Å². The van der Waals surface area contributed by atoms with Crippen molar-refractivity contribution in [2.45, 2.75) is 33.1 Å². The Kier molecular flexibility index (Phi) is 6.48. The maximum absolute atomic E-state index is 8.69. The van der Waals surface area contributed by atoms with Crippen molar-refractivity contribution in [2.24, 2.45) is 0 Å². The van der Waals surface area contributed by atoms with Crippen LogP contribution in [0.5, 0.6) is 5.75 Å². The molecule has 0 atom stereocenters. The van der Waals surface area contributed by atoms with Crippen LogP contribution < -0.4 is 10.1 Å². The summed E-state index contributed by atoms with van der Waals surface area (Å²) in [4.78, 5) is 0. The molecule has 0 saturated heterocycles. The quantitative estimate of drug-likeness (QED) is 0.683. The molecule has 0 aliphatic heterocycles. The molecule has 3 heteroatoms. The van der Waals surface area contributed by atoms with Crippen LogP contribution in [-0.2, 0) is 0 Å². The molecule has 0 aliphatic rings. The van der Waals surface area contributed by atoms with Crippen LogP contribution in [0.15, 0.2) is 18.2 Å². The third kappa shape index (κ3) is 5.09. The Hall–Kier alpha value is -1.22. The van der Waals surface area contributed by atoms with Crippen LogP contribution >= 0.6 is 0 Å². The highest BCUT2D eigenvalue weighted by Gasteiger charge is 2.02. The molecule has 96 valence electrons. The molecule has 0 aliphatic carbocycles. The summed E-state index contributed by atoms with van der Waals surface area (Å²) >= 11 is 0. The SMILES string of the molecule is CCOc1ccc(C)cc1NCCCCCO. The largest absolute Gasteiger partial charge is 0.492 e. The highest BCUT2D eigenvalue weighted by Crippen LogP contribution is 2.25. The number of rotatable bonds is 8. The monoisotopic (exact) mass is 237 g/mol. The topological polar surface area (TPSA) is 41.5 Å². The fraction of sp³-hybridized carbons (Fsp3) is 0.571. The van der Waals surface area contributed by atoms with Crippen molar-refractivity contribution >= 4 is 5.69 Å². The summed E-state index contributed by atoms with van der Waals surface area (Å²) in [7, 11) is 0. The molecule has 1 rings (SSSR count). The lowest BCUT2D eigenvalue weighted by molar-refractivity contribution is 0.283. The number of benzene rings is 1. The van der Waals surface area contributed by atoms with Gasteiger partial charge in [-0.05, 0) is 50.8 Å². The van der Waals surface area contributed by atoms with Crippen molar-refractivity contribution < 1.29 is 9.84 Å². The van der Waals surface area contributed by atoms with Crippen LogP contribution in [0.25, 0.3) is 0 Å². The second-order valence-corrected chi connectivity index (χ2v) is 4.14. The number of hydrogen-bond donors (Lipinski definition) is 2. The zero-order valence-corrected chi connectivity index (χ0v) is 10.8. The minimum atomic E-state index is 0.286. The molecule has 0 spiro atoms. The Morgan fingerprint density at radius 2 is 2.06 bits per heavy atom. The Balaban J connectivity index is 2.47. The first kappa shape index (κ1) is 13.8. The minimum Gasteiger partial charge on any atom is -0.492 e. The van der Waals surface area contributed by atoms with Gasteiger partial charge in [-0.15, -0.1) is 0 Å². The summed E-state index contributed by atoms with van der Waals surface area (Å²) in [5, 5.41) is 12.1. The first-order valence-electron chi connectivity index (χ1n) is 6.36. The van der Waals surface area contributed by atoms with Gasteiger partial charge in [0.15, 0.2) is 0 Å². The molecule has 0 aromatic heterocycles. The highest BCUT2D eigenvalue weighted by atomic mass is 16.5. The van der Waals surface area contributed by atoms with E-state index in [9.17, 15) is 0 Å². The van der Waals surface area contributed by atoms with E-state index in [4.69, 9.17) is 9.84 Å². The van der Waals surface area contributed by atoms with Crippen LogP contribution in [0.2, 0.25) is 0 Å². The lowest BCUT2D eigenvalue weighted by atomic mass is 10.2. The molecule has 1 aromatic carbocycles. The molecule has 0 radical (unpaired) electrons. The number of hydrogen-bond acceptors (Lipinski definition) is 3. The predicted molar refractivity (Wildman–Crippen MR) is 71.8 cm³/mol. The van der Waals surface area contributed by atoms with Crippen LogP contribution in [0.3, 0.4) is 0 Å². The van der Waals surface area contributed by atoms with E-state index in [-0.39, 0.29) is 6.61 Å². The molecule has 0 fully saturated rings. The summed E-state index contributed by atoms with van der Waals surface area (Å²) in [6.07, 6.45) is 3.01. The molecular weight excluding hydrogens is 214 g/mol. The number of aliphatic hydroxyl groups is 1. The first-order chi connectivity index (χ1) is 8.27. The maximum Gasteiger partial charge on any atom is 0.142 e. The number of unbranched alkanes of at least 4 members (excludes halogenated alkanes) is 2. The molecule has 0 bridgehead atoms. The third-order valence-corrected chi connectivity index (χ3v) is 2.59. The lowest BCUT2D eigenvalue weighted by Crippen LogP contribution is -2.05. The van der Waals surface area contributed by atoms with Crippen LogP contribution in [0.1, 0.15) is 31.7 Å². The Bertz CT molecular complexity index is 326. The van der Waals surface area contributed by atoms with Crippen LogP contribution in [0, 0.1) is 6.92 Å². The number of aliphatic hydroxyl groups excluding tert-OH is 1. The Morgan fingerprint density at radius 1 is 1.24 bits per heavy atom. The number of anilines is 1. The number of nitrogens with one attached hydrogen (secondary N) is 1. The van der Waals surface area contributed by atoms with Gasteiger partial charge in [-0.25, -0.2) is 0 Å². The van der Waals surface area contributed by atoms with Gasteiger partial charge in [0.25, 0.3) is 0 Å². The van der Waals surface area contributed by atoms with E-state index < -0.39 is 0 Å². The van der Waals surface area contributed by atoms with Gasteiger partial charge in [0.05, 0.1) is 12.3 Å². The molecule has 0 unspecified atom stereocenters. The normalized spacial score (nSPS) is 10.3. The molecule has 0 heterocycles. The van der Waals surface area contributed by atoms with Crippen molar-refractivity contribution in [1.82, 2.24) is 0 Å². The van der Waals surface area contributed by atoms with E-state index in [1.165, 1.54) is 5.56 Å². The van der Waals surface area contributed by atoms with E-state index >= 15 is 0 Å². The molecule has 17 heavy (non-hydrogen) atoms. The minimum absolute atomic E-state index is 0.286. The molecule has 0 amide bonds. The fourth-order valence-corrected chi connectivity index (χ4v) is 1.70. The highest BCUT2D eigenvalue weighted by molar-refractivity contribution is 5.57. The standard InChI is InChI=1S/C14H23NO2/c1-3-17-14-8-7-12(2)11-13(14)15-9-5-4-6-10-16/h7-8,11,15-16H,3-6,9-10H2,1-2H3. The predicted octanol–water partition coefficient (Wildman–Crippen LogP) is 2.97. The van der Waals surface area contributed by atoms with Crippen LogP contribution in [-0.4, -0.2) is 24.9 Å². The molecule has 3 nitrogen and oxygen atoms in total. The number of aryl methyl sites for hydroxylation is 1. The summed E-state index contributed by atoms with van der Waals surface area (Å²) in [5.41, 5.74) is 2.29. The van der Waals surface area contributed by atoms with Crippen molar-refractivity contribution in [1.29, 1.82) is 0 Å². The lowest BCUT2D eigenvalue weighted by Gasteiger charge is -2.13. The second-order valence-electron chi connectivity index (χ2n) is 4.14. The van der Waals surface area contributed by atoms with Gasteiger partial charge in [-0.3, -0.25) is 0 Å². The summed E-state index contributed by atoms with van der Waals surface area (Å²) < 4.78 is 5.57. The van der Waals surface area contributed by atoms with E-state index in [0.29, 0.717) is 6.61 Å². The summed E-state index contributed by atoms with van der Waals surface area (Å²) in [5.74, 6) is 0.917. The average Bonchev–Trinajstić information content (AvgIpc) is 2.32. The van der Waals surface area contributed by atoms with Gasteiger partial charge >= 0.3 is 0 Å². The molecule has 0 saturated carbocycles. The van der Waals surface area contributed by atoms with Gasteiger partial charge in [0.2, 0.25) is 0 Å². The van der Waals surface area contributed by atoms with Gasteiger partial charge in [-0.1, -0.05) is 6.07 Å². The van der Waals surface area contributed by atoms with Crippen molar-refractivity contribution in [3.8, 4) is 5.75 Å². The van der Waals surface area contributed by atoms with Crippen molar-refractivity contribution in [3.63, 3.8) is 0 Å². The smallest absolute Gasteiger partial charge is 0.142 e. The van der Waals surface area contributed by atoms with Gasteiger partial charge in [0.1, 0.15) is 5.75 Å². The van der Waals surface area contributed by atoms with E-state index in [0.717, 1.165) is 37.2 Å². The van der Waals surface area contributed by atoms with E-state index in [1.807, 2.05) is 13.0 Å². The average molecular weight is 237 g/mol. The molecular formula is C14H23NO2. The van der Waals surface area contributed by atoms with Crippen LogP contribution in [0.4, 0.5) is 5.69 Å². The summed E-state index contributed by atoms with van der Waals surface area (Å²) in [6, 6.07) is 6.17. The molecule has 2 N–H and O–H groups in total. The number of ether oxygens (including phenoxy) is 1. The Labute approximate surface area is 104 Å².